The van der Waals surface area contributed by atoms with Crippen LogP contribution in [0.2, 0.25) is 18.1 Å². The number of β-lactam (4-membered cyclic amide) rings is 1. The smallest absolute Gasteiger partial charge is 0.407 e. The molecule has 1 aromatic rings. The van der Waals surface area contributed by atoms with Crippen molar-refractivity contribution in [3.8, 4) is 0 Å². The molecule has 12 heteroatoms. The van der Waals surface area contributed by atoms with Crippen molar-refractivity contribution in [2.45, 2.75) is 71.0 Å². The Hall–Kier alpha value is -2.44. The van der Waals surface area contributed by atoms with Gasteiger partial charge in [0.15, 0.2) is 8.32 Å². The number of nitro benzene ring substituents is 1. The molecule has 0 aromatic heterocycles. The second kappa shape index (κ2) is 12.7. The van der Waals surface area contributed by atoms with E-state index < -0.39 is 19.3 Å². The minimum atomic E-state index is -2.02. The fraction of sp³-hybridized carbons (Fsp3) is 0.625. The number of Topliss-reactive ketones (excluding diaryl/α,β-unsaturated/α-hetero) is 1. The van der Waals surface area contributed by atoms with E-state index in [4.69, 9.17) is 9.16 Å². The molecule has 1 fully saturated rings. The number of non-ortho nitro benzene ring substituents is 1. The maximum atomic E-state index is 12.4. The van der Waals surface area contributed by atoms with Gasteiger partial charge in [-0.2, -0.15) is 11.8 Å². The predicted molar refractivity (Wildman–Crippen MR) is 141 cm³/mol. The summed E-state index contributed by atoms with van der Waals surface area (Å²) in [5.74, 6) is 0.471. The van der Waals surface area contributed by atoms with Crippen LogP contribution in [-0.4, -0.2) is 61.2 Å². The molecule has 0 radical (unpaired) electrons. The van der Waals surface area contributed by atoms with Gasteiger partial charge < -0.3 is 19.8 Å². The number of nitrogens with one attached hydrogen (secondary N) is 2. The van der Waals surface area contributed by atoms with Gasteiger partial charge in [0, 0.05) is 36.9 Å². The first-order chi connectivity index (χ1) is 16.7. The van der Waals surface area contributed by atoms with Crippen LogP contribution in [0.15, 0.2) is 24.3 Å². The highest BCUT2D eigenvalue weighted by atomic mass is 32.2. The molecule has 2 amide bonds. The Morgan fingerprint density at radius 3 is 2.44 bits per heavy atom. The third-order valence-corrected chi connectivity index (χ3v) is 12.2. The summed E-state index contributed by atoms with van der Waals surface area (Å²) in [6.07, 6.45) is -0.582. The number of nitrogens with zero attached hydrogens (tertiary/aromatic N) is 1. The lowest BCUT2D eigenvalue weighted by molar-refractivity contribution is -0.384. The van der Waals surface area contributed by atoms with E-state index >= 15 is 0 Å². The molecule has 36 heavy (non-hydrogen) atoms. The molecule has 0 aliphatic carbocycles. The van der Waals surface area contributed by atoms with Gasteiger partial charge in [-0.25, -0.2) is 4.79 Å². The summed E-state index contributed by atoms with van der Waals surface area (Å²) in [6.45, 7) is 13.0. The summed E-state index contributed by atoms with van der Waals surface area (Å²) >= 11 is 1.40. The van der Waals surface area contributed by atoms with E-state index in [0.717, 1.165) is 0 Å². The number of ketones is 1. The molecule has 0 bridgehead atoms. The van der Waals surface area contributed by atoms with Crippen molar-refractivity contribution < 1.29 is 28.5 Å². The van der Waals surface area contributed by atoms with Crippen LogP contribution in [0, 0.1) is 16.0 Å². The van der Waals surface area contributed by atoms with Crippen molar-refractivity contribution in [3.63, 3.8) is 0 Å². The number of benzene rings is 1. The van der Waals surface area contributed by atoms with Gasteiger partial charge in [0.1, 0.15) is 12.4 Å². The molecular weight excluding hydrogens is 502 g/mol. The Morgan fingerprint density at radius 1 is 1.25 bits per heavy atom. The highest BCUT2D eigenvalue weighted by Gasteiger charge is 2.47. The quantitative estimate of drug-likeness (QED) is 0.126. The SMILES string of the molecule is C[C@@H](O[Si](C)(C)C(C)(C)C)[C@H]1C(=O)N[C@@H]1CC(=O)CSCCNC(=O)OCc1ccc([N+](=O)[O-])cc1. The summed E-state index contributed by atoms with van der Waals surface area (Å²) in [6, 6.07) is 5.55. The first-order valence-corrected chi connectivity index (χ1v) is 16.0. The second-order valence-corrected chi connectivity index (χ2v) is 16.3. The van der Waals surface area contributed by atoms with Crippen molar-refractivity contribution in [1.29, 1.82) is 0 Å². The van der Waals surface area contributed by atoms with Crippen LogP contribution in [0.25, 0.3) is 0 Å². The molecule has 3 atom stereocenters. The Bertz CT molecular complexity index is 950. The predicted octanol–water partition coefficient (Wildman–Crippen LogP) is 4.04. The average molecular weight is 540 g/mol. The molecule has 0 spiro atoms. The number of ether oxygens (including phenoxy) is 1. The maximum absolute atomic E-state index is 12.4. The third kappa shape index (κ3) is 8.59. The second-order valence-electron chi connectivity index (χ2n) is 10.4. The summed E-state index contributed by atoms with van der Waals surface area (Å²) in [5.41, 5.74) is 0.611. The van der Waals surface area contributed by atoms with E-state index in [-0.39, 0.29) is 59.3 Å². The molecule has 10 nitrogen and oxygen atoms in total. The lowest BCUT2D eigenvalue weighted by Crippen LogP contribution is -2.64. The van der Waals surface area contributed by atoms with Crippen LogP contribution in [0.1, 0.15) is 39.7 Å². The van der Waals surface area contributed by atoms with Crippen molar-refractivity contribution in [1.82, 2.24) is 10.6 Å². The molecule has 1 heterocycles. The normalized spacial score (nSPS) is 18.6. The van der Waals surface area contributed by atoms with Gasteiger partial charge in [0.05, 0.1) is 22.7 Å². The topological polar surface area (TPSA) is 137 Å². The number of carbonyl (C=O) groups is 3. The third-order valence-electron chi connectivity index (χ3n) is 6.60. The number of nitro groups is 1. The fourth-order valence-corrected chi connectivity index (χ4v) is 5.68. The zero-order chi connectivity index (χ0) is 27.1. The van der Waals surface area contributed by atoms with Gasteiger partial charge in [-0.15, -0.1) is 0 Å². The lowest BCUT2D eigenvalue weighted by Gasteiger charge is -2.45. The summed E-state index contributed by atoms with van der Waals surface area (Å²) in [5, 5.41) is 16.1. The Balaban J connectivity index is 1.63. The van der Waals surface area contributed by atoms with Crippen LogP contribution in [0.3, 0.4) is 0 Å². The molecular formula is C24H37N3O7SSi. The van der Waals surface area contributed by atoms with E-state index in [9.17, 15) is 24.5 Å². The minimum Gasteiger partial charge on any atom is -0.445 e. The van der Waals surface area contributed by atoms with E-state index in [2.05, 4.69) is 44.5 Å². The molecule has 2 rings (SSSR count). The standard InChI is InChI=1S/C24H37N3O7SSi/c1-16(34-36(5,6)24(2,3)4)21-20(26-22(21)29)13-19(28)15-35-12-11-25-23(30)33-14-17-7-9-18(10-8-17)27(31)32/h7-10,16,20-21H,11-15H2,1-6H3,(H,25,30)(H,26,29)/t16-,20-,21-/m1/s1. The molecule has 0 unspecified atom stereocenters. The number of thioether (sulfide) groups is 1. The first-order valence-electron chi connectivity index (χ1n) is 11.9. The highest BCUT2D eigenvalue weighted by Crippen LogP contribution is 2.39. The number of rotatable bonds is 13. The number of alkyl carbamates (subject to hydrolysis) is 1. The first kappa shape index (κ1) is 29.8. The molecule has 1 aliphatic heterocycles. The number of hydrogen-bond acceptors (Lipinski definition) is 8. The van der Waals surface area contributed by atoms with Crippen molar-refractivity contribution in [3.05, 3.63) is 39.9 Å². The molecule has 1 saturated heterocycles. The largest absolute Gasteiger partial charge is 0.445 e. The molecule has 1 aromatic carbocycles. The Kier molecular flexibility index (Phi) is 10.5. The van der Waals surface area contributed by atoms with Gasteiger partial charge in [-0.3, -0.25) is 19.7 Å². The Labute approximate surface area is 217 Å². The van der Waals surface area contributed by atoms with E-state index in [1.54, 1.807) is 0 Å². The van der Waals surface area contributed by atoms with E-state index in [0.29, 0.717) is 17.9 Å². The Morgan fingerprint density at radius 2 is 1.89 bits per heavy atom. The molecule has 200 valence electrons. The average Bonchev–Trinajstić information content (AvgIpc) is 2.76. The number of amides is 2. The zero-order valence-corrected chi connectivity index (χ0v) is 23.6. The van der Waals surface area contributed by atoms with Crippen LogP contribution in [0.4, 0.5) is 10.5 Å². The summed E-state index contributed by atoms with van der Waals surface area (Å²) < 4.78 is 11.5. The van der Waals surface area contributed by atoms with Gasteiger partial charge in [-0.1, -0.05) is 20.8 Å². The van der Waals surface area contributed by atoms with E-state index in [1.165, 1.54) is 36.0 Å². The van der Waals surface area contributed by atoms with Gasteiger partial charge >= 0.3 is 6.09 Å². The van der Waals surface area contributed by atoms with E-state index in [1.807, 2.05) is 6.92 Å². The van der Waals surface area contributed by atoms with Gasteiger partial charge in [0.2, 0.25) is 5.91 Å². The van der Waals surface area contributed by atoms with Gasteiger partial charge in [0.25, 0.3) is 5.69 Å². The van der Waals surface area contributed by atoms with Crippen LogP contribution >= 0.6 is 11.8 Å². The van der Waals surface area contributed by atoms with Gasteiger partial charge in [-0.05, 0) is 42.8 Å². The molecule has 1 aliphatic rings. The minimum absolute atomic E-state index is 0.00128. The van der Waals surface area contributed by atoms with Crippen molar-refractivity contribution >= 4 is 43.6 Å². The van der Waals surface area contributed by atoms with Crippen molar-refractivity contribution in [2.75, 3.05) is 18.1 Å². The lowest BCUT2D eigenvalue weighted by atomic mass is 9.83. The molecule has 2 N–H and O–H groups in total. The van der Waals surface area contributed by atoms with Crippen LogP contribution in [0.5, 0.6) is 0 Å². The monoisotopic (exact) mass is 539 g/mol. The number of carbonyl (C=O) groups excluding carboxylic acids is 3. The van der Waals surface area contributed by atoms with Crippen LogP contribution in [-0.2, 0) is 25.4 Å². The van der Waals surface area contributed by atoms with Crippen LogP contribution < -0.4 is 10.6 Å². The number of hydrogen-bond donors (Lipinski definition) is 2. The maximum Gasteiger partial charge on any atom is 0.407 e. The fourth-order valence-electron chi connectivity index (χ4n) is 3.52. The summed E-state index contributed by atoms with van der Waals surface area (Å²) in [7, 11) is -2.02. The zero-order valence-electron chi connectivity index (χ0n) is 21.8. The summed E-state index contributed by atoms with van der Waals surface area (Å²) in [4.78, 5) is 46.6. The van der Waals surface area contributed by atoms with Crippen molar-refractivity contribution in [2.24, 2.45) is 5.92 Å². The molecule has 0 saturated carbocycles. The highest BCUT2D eigenvalue weighted by molar-refractivity contribution is 7.99.